The summed E-state index contributed by atoms with van der Waals surface area (Å²) >= 11 is 0. The van der Waals surface area contributed by atoms with E-state index < -0.39 is 0 Å². The van der Waals surface area contributed by atoms with Crippen molar-refractivity contribution < 1.29 is 14.0 Å². The summed E-state index contributed by atoms with van der Waals surface area (Å²) in [6, 6.07) is 19.8. The highest BCUT2D eigenvalue weighted by molar-refractivity contribution is 6.37. The molecule has 0 radical (unpaired) electrons. The van der Waals surface area contributed by atoms with Crippen molar-refractivity contribution in [1.29, 1.82) is 0 Å². The number of halogens is 1. The monoisotopic (exact) mass is 426 g/mol. The van der Waals surface area contributed by atoms with Crippen molar-refractivity contribution >= 4 is 23.1 Å². The summed E-state index contributed by atoms with van der Waals surface area (Å²) in [7, 11) is 0. The number of hydrogen-bond acceptors (Lipinski definition) is 3. The van der Waals surface area contributed by atoms with Gasteiger partial charge in [0.2, 0.25) is 0 Å². The van der Waals surface area contributed by atoms with Crippen LogP contribution in [0, 0.1) is 19.7 Å². The van der Waals surface area contributed by atoms with Gasteiger partial charge in [-0.05, 0) is 60.7 Å². The molecular weight excluding hydrogens is 403 g/mol. The van der Waals surface area contributed by atoms with Crippen LogP contribution in [0.25, 0.3) is 5.57 Å². The molecule has 32 heavy (non-hydrogen) atoms. The van der Waals surface area contributed by atoms with Crippen LogP contribution >= 0.6 is 0 Å². The molecule has 160 valence electrons. The third-order valence-corrected chi connectivity index (χ3v) is 6.21. The van der Waals surface area contributed by atoms with E-state index >= 15 is 0 Å². The topological polar surface area (TPSA) is 40.6 Å². The van der Waals surface area contributed by atoms with Gasteiger partial charge in [-0.15, -0.1) is 0 Å². The summed E-state index contributed by atoms with van der Waals surface area (Å²) in [6.45, 7) is 4.72. The van der Waals surface area contributed by atoms with Crippen molar-refractivity contribution in [3.05, 3.63) is 106 Å². The highest BCUT2D eigenvalue weighted by Gasteiger charge is 2.43. The standard InChI is InChI=1S/C27H23FN2O2/c1-17-7-12-22(18(2)15-17)24-25(29-14-13-20-5-3-4-6-23(20)29)27(32)30(26(24)31)16-19-8-10-21(28)11-9-19/h3-12,15H,13-14,16H2,1-2H3. The molecule has 0 aromatic heterocycles. The van der Waals surface area contributed by atoms with E-state index in [2.05, 4.69) is 6.07 Å². The molecule has 4 nitrogen and oxygen atoms in total. The maximum atomic E-state index is 13.7. The molecule has 0 saturated heterocycles. The lowest BCUT2D eigenvalue weighted by molar-refractivity contribution is -0.137. The zero-order chi connectivity index (χ0) is 22.4. The third-order valence-electron chi connectivity index (χ3n) is 6.21. The van der Waals surface area contributed by atoms with Crippen molar-refractivity contribution in [1.82, 2.24) is 4.90 Å². The molecule has 2 amide bonds. The zero-order valence-electron chi connectivity index (χ0n) is 18.1. The van der Waals surface area contributed by atoms with Gasteiger partial charge in [0, 0.05) is 12.2 Å². The first-order valence-electron chi connectivity index (χ1n) is 10.7. The van der Waals surface area contributed by atoms with Crippen molar-refractivity contribution in [3.63, 3.8) is 0 Å². The molecule has 3 aromatic carbocycles. The van der Waals surface area contributed by atoms with Gasteiger partial charge < -0.3 is 4.90 Å². The van der Waals surface area contributed by atoms with Crippen LogP contribution in [0.1, 0.15) is 27.8 Å². The van der Waals surface area contributed by atoms with Crippen molar-refractivity contribution in [2.24, 2.45) is 0 Å². The number of rotatable bonds is 4. The predicted octanol–water partition coefficient (Wildman–Crippen LogP) is 4.79. The summed E-state index contributed by atoms with van der Waals surface area (Å²) in [5.74, 6) is -0.979. The number of imide groups is 1. The van der Waals surface area contributed by atoms with Crippen LogP contribution in [0.15, 0.2) is 72.4 Å². The Morgan fingerprint density at radius 2 is 1.66 bits per heavy atom. The van der Waals surface area contributed by atoms with Crippen molar-refractivity contribution in [2.45, 2.75) is 26.8 Å². The third kappa shape index (κ3) is 3.30. The van der Waals surface area contributed by atoms with E-state index in [0.717, 1.165) is 34.4 Å². The van der Waals surface area contributed by atoms with Crippen LogP contribution in [0.3, 0.4) is 0 Å². The number of fused-ring (bicyclic) bond motifs is 1. The van der Waals surface area contributed by atoms with E-state index in [1.54, 1.807) is 12.1 Å². The molecule has 0 saturated carbocycles. The maximum Gasteiger partial charge on any atom is 0.278 e. The first-order valence-corrected chi connectivity index (χ1v) is 10.7. The maximum absolute atomic E-state index is 13.7. The lowest BCUT2D eigenvalue weighted by Crippen LogP contribution is -2.34. The largest absolute Gasteiger partial charge is 0.336 e. The number of carbonyl (C=O) groups is 2. The first-order chi connectivity index (χ1) is 15.4. The minimum Gasteiger partial charge on any atom is -0.336 e. The number of anilines is 1. The molecule has 0 unspecified atom stereocenters. The van der Waals surface area contributed by atoms with Crippen LogP contribution in [0.5, 0.6) is 0 Å². The van der Waals surface area contributed by atoms with E-state index in [4.69, 9.17) is 0 Å². The average molecular weight is 426 g/mol. The number of amides is 2. The summed E-state index contributed by atoms with van der Waals surface area (Å²) in [6.07, 6.45) is 0.819. The van der Waals surface area contributed by atoms with Gasteiger partial charge in [-0.3, -0.25) is 14.5 Å². The van der Waals surface area contributed by atoms with E-state index in [1.807, 2.05) is 55.1 Å². The summed E-state index contributed by atoms with van der Waals surface area (Å²) in [4.78, 5) is 30.6. The van der Waals surface area contributed by atoms with Crippen molar-refractivity contribution in [2.75, 3.05) is 11.4 Å². The number of hydrogen-bond donors (Lipinski definition) is 0. The van der Waals surface area contributed by atoms with Crippen LogP contribution in [0.4, 0.5) is 10.1 Å². The Morgan fingerprint density at radius 3 is 2.41 bits per heavy atom. The Balaban J connectivity index is 1.63. The van der Waals surface area contributed by atoms with E-state index in [1.165, 1.54) is 17.0 Å². The van der Waals surface area contributed by atoms with Gasteiger partial charge >= 0.3 is 0 Å². The molecular formula is C27H23FN2O2. The molecule has 0 N–H and O–H groups in total. The van der Waals surface area contributed by atoms with Crippen LogP contribution in [0.2, 0.25) is 0 Å². The molecule has 0 spiro atoms. The second kappa shape index (κ2) is 7.75. The highest BCUT2D eigenvalue weighted by atomic mass is 19.1. The van der Waals surface area contributed by atoms with Crippen LogP contribution < -0.4 is 4.90 Å². The quantitative estimate of drug-likeness (QED) is 0.564. The minimum absolute atomic E-state index is 0.103. The number of benzene rings is 3. The number of nitrogens with zero attached hydrogens (tertiary/aromatic N) is 2. The Morgan fingerprint density at radius 1 is 0.906 bits per heavy atom. The van der Waals surface area contributed by atoms with Crippen LogP contribution in [-0.2, 0) is 22.6 Å². The Kier molecular flexibility index (Phi) is 4.89. The molecule has 0 bridgehead atoms. The van der Waals surface area contributed by atoms with Gasteiger partial charge in [0.25, 0.3) is 11.8 Å². The Hall–Kier alpha value is -3.73. The lowest BCUT2D eigenvalue weighted by atomic mass is 9.97. The summed E-state index contributed by atoms with van der Waals surface area (Å²) in [5.41, 5.74) is 6.52. The number of para-hydroxylation sites is 1. The van der Waals surface area contributed by atoms with Gasteiger partial charge in [-0.25, -0.2) is 4.39 Å². The molecule has 2 aliphatic rings. The predicted molar refractivity (Wildman–Crippen MR) is 122 cm³/mol. The smallest absolute Gasteiger partial charge is 0.278 e. The number of aryl methyl sites for hydroxylation is 2. The zero-order valence-corrected chi connectivity index (χ0v) is 18.1. The van der Waals surface area contributed by atoms with Gasteiger partial charge in [-0.2, -0.15) is 0 Å². The molecule has 5 rings (SSSR count). The molecule has 0 aliphatic carbocycles. The summed E-state index contributed by atoms with van der Waals surface area (Å²) < 4.78 is 13.4. The highest BCUT2D eigenvalue weighted by Crippen LogP contribution is 2.39. The van der Waals surface area contributed by atoms with Gasteiger partial charge in [-0.1, -0.05) is 54.1 Å². The second-order valence-corrected chi connectivity index (χ2v) is 8.40. The van der Waals surface area contributed by atoms with E-state index in [-0.39, 0.29) is 24.2 Å². The molecule has 5 heteroatoms. The molecule has 2 aliphatic heterocycles. The molecule has 0 fully saturated rings. The fraction of sp³-hybridized carbons (Fsp3) is 0.185. The second-order valence-electron chi connectivity index (χ2n) is 8.40. The molecule has 3 aromatic rings. The van der Waals surface area contributed by atoms with Crippen LogP contribution in [-0.4, -0.2) is 23.3 Å². The first kappa shape index (κ1) is 20.2. The Bertz CT molecular complexity index is 1280. The number of carbonyl (C=O) groups excluding carboxylic acids is 2. The fourth-order valence-electron chi connectivity index (χ4n) is 4.64. The average Bonchev–Trinajstić information content (AvgIpc) is 3.30. The SMILES string of the molecule is Cc1ccc(C2=C(N3CCc4ccccc43)C(=O)N(Cc3ccc(F)cc3)C2=O)c(C)c1. The van der Waals surface area contributed by atoms with E-state index in [0.29, 0.717) is 23.4 Å². The van der Waals surface area contributed by atoms with Gasteiger partial charge in [0.05, 0.1) is 12.1 Å². The summed E-state index contributed by atoms with van der Waals surface area (Å²) in [5, 5.41) is 0. The Labute approximate surface area is 186 Å². The van der Waals surface area contributed by atoms with Gasteiger partial charge in [0.15, 0.2) is 0 Å². The van der Waals surface area contributed by atoms with Gasteiger partial charge in [0.1, 0.15) is 11.5 Å². The van der Waals surface area contributed by atoms with Crippen molar-refractivity contribution in [3.8, 4) is 0 Å². The fourth-order valence-corrected chi connectivity index (χ4v) is 4.64. The molecule has 0 atom stereocenters. The van der Waals surface area contributed by atoms with E-state index in [9.17, 15) is 14.0 Å². The minimum atomic E-state index is -0.351. The lowest BCUT2D eigenvalue weighted by Gasteiger charge is -2.22. The molecule has 2 heterocycles. The normalized spacial score (nSPS) is 15.7.